The number of rotatable bonds is 6. The molecule has 0 saturated carbocycles. The van der Waals surface area contributed by atoms with Gasteiger partial charge < -0.3 is 4.79 Å². The second kappa shape index (κ2) is 6.14. The van der Waals surface area contributed by atoms with E-state index in [0.717, 1.165) is 28.8 Å². The van der Waals surface area contributed by atoms with Gasteiger partial charge in [-0.1, -0.05) is 18.7 Å². The lowest BCUT2D eigenvalue weighted by Crippen LogP contribution is -1.90. The molecule has 0 atom stereocenters. The molecule has 1 aromatic heterocycles. The van der Waals surface area contributed by atoms with Crippen LogP contribution in [0.5, 0.6) is 0 Å². The number of Topliss-reactive ketones (excluding diaryl/α,β-unsaturated/α-hetero) is 1. The molecule has 0 amide bonds. The van der Waals surface area contributed by atoms with Crippen molar-refractivity contribution in [2.75, 3.05) is 5.75 Å². The summed E-state index contributed by atoms with van der Waals surface area (Å²) in [6.45, 7) is 3.68. The Morgan fingerprint density at radius 1 is 1.57 bits per heavy atom. The average molecular weight is 230 g/mol. The molecule has 0 unspecified atom stereocenters. The lowest BCUT2D eigenvalue weighted by molar-refractivity contribution is -0.117. The molecule has 3 nitrogen and oxygen atoms in total. The van der Waals surface area contributed by atoms with E-state index in [2.05, 4.69) is 9.36 Å². The summed E-state index contributed by atoms with van der Waals surface area (Å²) in [4.78, 5) is 15.0. The number of hydrogen-bond donors (Lipinski definition) is 0. The van der Waals surface area contributed by atoms with Gasteiger partial charge in [0.15, 0.2) is 4.34 Å². The number of nitrogens with zero attached hydrogens (tertiary/aromatic N) is 2. The minimum Gasteiger partial charge on any atom is -0.300 e. The predicted molar refractivity (Wildman–Crippen MR) is 59.9 cm³/mol. The zero-order valence-corrected chi connectivity index (χ0v) is 10.1. The Bertz CT molecular complexity index is 299. The van der Waals surface area contributed by atoms with Gasteiger partial charge in [-0.3, -0.25) is 0 Å². The first kappa shape index (κ1) is 11.7. The number of carbonyl (C=O) groups is 1. The van der Waals surface area contributed by atoms with Gasteiger partial charge in [-0.25, -0.2) is 4.98 Å². The first-order valence-electron chi connectivity index (χ1n) is 4.67. The van der Waals surface area contributed by atoms with Gasteiger partial charge in [0.1, 0.15) is 11.6 Å². The third-order valence-corrected chi connectivity index (χ3v) is 3.62. The fourth-order valence-electron chi connectivity index (χ4n) is 0.921. The molecule has 0 aromatic carbocycles. The molecule has 0 aliphatic heterocycles. The smallest absolute Gasteiger partial charge is 0.170 e. The van der Waals surface area contributed by atoms with Gasteiger partial charge in [-0.15, -0.1) is 0 Å². The minimum absolute atomic E-state index is 0.261. The molecule has 0 saturated heterocycles. The molecule has 5 heteroatoms. The normalized spacial score (nSPS) is 10.4. The zero-order chi connectivity index (χ0) is 10.4. The Morgan fingerprint density at radius 3 is 2.93 bits per heavy atom. The fourth-order valence-corrected chi connectivity index (χ4v) is 2.63. The van der Waals surface area contributed by atoms with Crippen LogP contribution in [-0.4, -0.2) is 20.9 Å². The molecule has 0 fully saturated rings. The largest absolute Gasteiger partial charge is 0.300 e. The van der Waals surface area contributed by atoms with Crippen molar-refractivity contribution in [3.63, 3.8) is 0 Å². The van der Waals surface area contributed by atoms with E-state index in [1.165, 1.54) is 11.5 Å². The Kier molecular flexibility index (Phi) is 5.11. The minimum atomic E-state index is 0.261. The Hall–Kier alpha value is -0.420. The van der Waals surface area contributed by atoms with Crippen LogP contribution in [0.4, 0.5) is 0 Å². The molecule has 0 aliphatic carbocycles. The van der Waals surface area contributed by atoms with E-state index in [1.54, 1.807) is 18.7 Å². The van der Waals surface area contributed by atoms with E-state index >= 15 is 0 Å². The van der Waals surface area contributed by atoms with Gasteiger partial charge in [0.05, 0.1) is 0 Å². The van der Waals surface area contributed by atoms with Gasteiger partial charge in [0, 0.05) is 18.6 Å². The summed E-state index contributed by atoms with van der Waals surface area (Å²) >= 11 is 3.14. The molecule has 1 heterocycles. The van der Waals surface area contributed by atoms with Crippen LogP contribution in [0.2, 0.25) is 0 Å². The first-order valence-corrected chi connectivity index (χ1v) is 6.43. The Labute approximate surface area is 92.5 Å². The van der Waals surface area contributed by atoms with Crippen molar-refractivity contribution < 1.29 is 4.79 Å². The van der Waals surface area contributed by atoms with Gasteiger partial charge in [0.25, 0.3) is 0 Å². The molecular weight excluding hydrogens is 216 g/mol. The lowest BCUT2D eigenvalue weighted by Gasteiger charge is -1.94. The highest BCUT2D eigenvalue weighted by atomic mass is 32.2. The number of hydrogen-bond acceptors (Lipinski definition) is 5. The van der Waals surface area contributed by atoms with Crippen molar-refractivity contribution in [3.8, 4) is 0 Å². The summed E-state index contributed by atoms with van der Waals surface area (Å²) in [5.41, 5.74) is 0. The van der Waals surface area contributed by atoms with Crippen LogP contribution in [0.15, 0.2) is 4.34 Å². The zero-order valence-electron chi connectivity index (χ0n) is 8.45. The van der Waals surface area contributed by atoms with Crippen molar-refractivity contribution in [1.29, 1.82) is 0 Å². The topological polar surface area (TPSA) is 42.9 Å². The second-order valence-electron chi connectivity index (χ2n) is 2.98. The summed E-state index contributed by atoms with van der Waals surface area (Å²) in [6, 6.07) is 0. The molecule has 1 rings (SSSR count). The van der Waals surface area contributed by atoms with Crippen LogP contribution in [0.3, 0.4) is 0 Å². The third kappa shape index (κ3) is 4.19. The van der Waals surface area contributed by atoms with E-state index in [4.69, 9.17) is 0 Å². The maximum absolute atomic E-state index is 10.7. The summed E-state index contributed by atoms with van der Waals surface area (Å²) in [7, 11) is 0. The van der Waals surface area contributed by atoms with Crippen LogP contribution in [0.1, 0.15) is 32.5 Å². The molecule has 14 heavy (non-hydrogen) atoms. The van der Waals surface area contributed by atoms with Crippen molar-refractivity contribution in [2.24, 2.45) is 0 Å². The van der Waals surface area contributed by atoms with Crippen LogP contribution >= 0.6 is 23.3 Å². The summed E-state index contributed by atoms with van der Waals surface area (Å²) in [5, 5.41) is 0. The number of ketones is 1. The van der Waals surface area contributed by atoms with Crippen molar-refractivity contribution >= 4 is 29.1 Å². The van der Waals surface area contributed by atoms with E-state index in [0.29, 0.717) is 6.42 Å². The molecular formula is C9H14N2OS2. The summed E-state index contributed by atoms with van der Waals surface area (Å²) in [5.74, 6) is 2.14. The van der Waals surface area contributed by atoms with E-state index in [9.17, 15) is 4.79 Å². The Balaban J connectivity index is 2.21. The fraction of sp³-hybridized carbons (Fsp3) is 0.667. The van der Waals surface area contributed by atoms with Crippen LogP contribution < -0.4 is 0 Å². The highest BCUT2D eigenvalue weighted by Crippen LogP contribution is 2.21. The SMILES string of the molecule is CCc1nsc(SCCCC(C)=O)n1. The van der Waals surface area contributed by atoms with Crippen molar-refractivity contribution in [3.05, 3.63) is 5.82 Å². The molecule has 0 spiro atoms. The standard InChI is InChI=1S/C9H14N2OS2/c1-3-8-10-9(14-11-8)13-6-4-5-7(2)12/h3-6H2,1-2H3. The maximum Gasteiger partial charge on any atom is 0.170 e. The summed E-state index contributed by atoms with van der Waals surface area (Å²) in [6.07, 6.45) is 2.50. The maximum atomic E-state index is 10.7. The highest BCUT2D eigenvalue weighted by molar-refractivity contribution is 8.00. The number of aryl methyl sites for hydroxylation is 1. The van der Waals surface area contributed by atoms with Gasteiger partial charge in [-0.2, -0.15) is 4.37 Å². The van der Waals surface area contributed by atoms with E-state index < -0.39 is 0 Å². The summed E-state index contributed by atoms with van der Waals surface area (Å²) < 4.78 is 5.21. The molecule has 78 valence electrons. The predicted octanol–water partition coefficient (Wildman–Crippen LogP) is 2.56. The number of thioether (sulfide) groups is 1. The van der Waals surface area contributed by atoms with Crippen LogP contribution in [-0.2, 0) is 11.2 Å². The van der Waals surface area contributed by atoms with Gasteiger partial charge in [0.2, 0.25) is 0 Å². The average Bonchev–Trinajstić information content (AvgIpc) is 2.60. The molecule has 0 N–H and O–H groups in total. The third-order valence-electron chi connectivity index (χ3n) is 1.66. The van der Waals surface area contributed by atoms with Crippen molar-refractivity contribution in [1.82, 2.24) is 9.36 Å². The number of aromatic nitrogens is 2. The van der Waals surface area contributed by atoms with Gasteiger partial charge in [-0.05, 0) is 24.9 Å². The quantitative estimate of drug-likeness (QED) is 0.556. The Morgan fingerprint density at radius 2 is 2.36 bits per heavy atom. The van der Waals surface area contributed by atoms with Crippen LogP contribution in [0, 0.1) is 0 Å². The second-order valence-corrected chi connectivity index (χ2v) is 5.08. The molecule has 0 radical (unpaired) electrons. The van der Waals surface area contributed by atoms with E-state index in [1.807, 2.05) is 6.92 Å². The lowest BCUT2D eigenvalue weighted by atomic mass is 10.3. The number of carbonyl (C=O) groups excluding carboxylic acids is 1. The van der Waals surface area contributed by atoms with Crippen LogP contribution in [0.25, 0.3) is 0 Å². The highest BCUT2D eigenvalue weighted by Gasteiger charge is 2.02. The first-order chi connectivity index (χ1) is 6.72. The molecule has 0 bridgehead atoms. The van der Waals surface area contributed by atoms with Crippen molar-refractivity contribution in [2.45, 2.75) is 37.4 Å². The molecule has 0 aliphatic rings. The molecule has 1 aromatic rings. The van der Waals surface area contributed by atoms with Gasteiger partial charge >= 0.3 is 0 Å². The van der Waals surface area contributed by atoms with E-state index in [-0.39, 0.29) is 5.78 Å². The monoisotopic (exact) mass is 230 g/mol.